The van der Waals surface area contributed by atoms with Crippen molar-refractivity contribution in [1.82, 2.24) is 24.9 Å². The van der Waals surface area contributed by atoms with Gasteiger partial charge in [0.1, 0.15) is 6.29 Å². The van der Waals surface area contributed by atoms with E-state index in [0.717, 1.165) is 35.2 Å². The fraction of sp³-hybridized carbons (Fsp3) is 0.190. The molecule has 0 amide bonds. The molecule has 7 heteroatoms. The Labute approximate surface area is 162 Å². The summed E-state index contributed by atoms with van der Waals surface area (Å²) in [5, 5.41) is 8.64. The van der Waals surface area contributed by atoms with Gasteiger partial charge in [-0.15, -0.1) is 0 Å². The van der Waals surface area contributed by atoms with Gasteiger partial charge in [0.25, 0.3) is 5.89 Å². The van der Waals surface area contributed by atoms with Crippen LogP contribution in [0, 0.1) is 5.92 Å². The molecule has 28 heavy (non-hydrogen) atoms. The molecule has 0 saturated carbocycles. The molecule has 140 valence electrons. The molecule has 0 aliphatic carbocycles. The second-order valence-electron chi connectivity index (χ2n) is 6.88. The molecule has 7 nitrogen and oxygen atoms in total. The Morgan fingerprint density at radius 1 is 1.07 bits per heavy atom. The molecule has 0 radical (unpaired) electrons. The summed E-state index contributed by atoms with van der Waals surface area (Å²) in [6, 6.07) is 10.9. The van der Waals surface area contributed by atoms with E-state index < -0.39 is 0 Å². The van der Waals surface area contributed by atoms with E-state index in [9.17, 15) is 4.79 Å². The van der Waals surface area contributed by atoms with Crippen LogP contribution in [-0.2, 0) is 6.54 Å². The summed E-state index contributed by atoms with van der Waals surface area (Å²) in [5.41, 5.74) is 4.05. The first-order valence-corrected chi connectivity index (χ1v) is 9.01. The largest absolute Gasteiger partial charge is 0.333 e. The van der Waals surface area contributed by atoms with Crippen molar-refractivity contribution in [2.45, 2.75) is 20.4 Å². The van der Waals surface area contributed by atoms with E-state index >= 15 is 0 Å². The van der Waals surface area contributed by atoms with Crippen LogP contribution in [0.2, 0.25) is 0 Å². The molecule has 0 N–H and O–H groups in total. The second-order valence-corrected chi connectivity index (χ2v) is 6.88. The van der Waals surface area contributed by atoms with Crippen LogP contribution in [0.5, 0.6) is 0 Å². The normalized spacial score (nSPS) is 11.1. The summed E-state index contributed by atoms with van der Waals surface area (Å²) in [6.07, 6.45) is 6.06. The first kappa shape index (κ1) is 17.8. The number of aldehydes is 1. The Balaban J connectivity index is 1.76. The minimum Gasteiger partial charge on any atom is -0.333 e. The van der Waals surface area contributed by atoms with Gasteiger partial charge < -0.3 is 4.52 Å². The number of hydrogen-bond donors (Lipinski definition) is 0. The van der Waals surface area contributed by atoms with E-state index in [4.69, 9.17) is 4.52 Å². The number of carbonyl (C=O) groups excluding carboxylic acids is 1. The molecule has 0 unspecified atom stereocenters. The zero-order chi connectivity index (χ0) is 19.5. The van der Waals surface area contributed by atoms with Crippen LogP contribution >= 0.6 is 0 Å². The highest BCUT2D eigenvalue weighted by Crippen LogP contribution is 2.32. The molecule has 0 spiro atoms. The molecule has 4 rings (SSSR count). The molecular weight excluding hydrogens is 354 g/mol. The molecule has 0 aliphatic rings. The summed E-state index contributed by atoms with van der Waals surface area (Å²) >= 11 is 0. The van der Waals surface area contributed by atoms with Gasteiger partial charge in [0, 0.05) is 35.6 Å². The summed E-state index contributed by atoms with van der Waals surface area (Å²) in [6.45, 7) is 5.06. The highest BCUT2D eigenvalue weighted by Gasteiger charge is 2.20. The fourth-order valence-electron chi connectivity index (χ4n) is 3.00. The standard InChI is InChI=1S/C21H19N5O2/c1-14(2)12-26-19(16-7-9-22-10-8-16)18(11-23-26)21-24-20(25-28-21)17-5-3-15(13-27)4-6-17/h3-11,13-14H,12H2,1-2H3. The summed E-state index contributed by atoms with van der Waals surface area (Å²) in [4.78, 5) is 19.5. The van der Waals surface area contributed by atoms with Crippen molar-refractivity contribution >= 4 is 6.29 Å². The average molecular weight is 373 g/mol. The molecule has 0 atom stereocenters. The maximum absolute atomic E-state index is 10.8. The Morgan fingerprint density at radius 3 is 2.50 bits per heavy atom. The van der Waals surface area contributed by atoms with Crippen molar-refractivity contribution in [3.8, 4) is 34.1 Å². The minimum atomic E-state index is 0.399. The topological polar surface area (TPSA) is 86.7 Å². The first-order chi connectivity index (χ1) is 13.7. The number of rotatable bonds is 6. The van der Waals surface area contributed by atoms with E-state index in [1.165, 1.54) is 0 Å². The van der Waals surface area contributed by atoms with E-state index in [-0.39, 0.29) is 0 Å². The molecule has 3 aromatic heterocycles. The van der Waals surface area contributed by atoms with Crippen molar-refractivity contribution in [3.63, 3.8) is 0 Å². The van der Waals surface area contributed by atoms with Crippen LogP contribution in [0.1, 0.15) is 24.2 Å². The van der Waals surface area contributed by atoms with Gasteiger partial charge >= 0.3 is 0 Å². The maximum atomic E-state index is 10.8. The first-order valence-electron chi connectivity index (χ1n) is 9.01. The van der Waals surface area contributed by atoms with Crippen LogP contribution in [0.25, 0.3) is 34.1 Å². The Morgan fingerprint density at radius 2 is 1.82 bits per heavy atom. The van der Waals surface area contributed by atoms with E-state index in [1.807, 2.05) is 16.8 Å². The fourth-order valence-corrected chi connectivity index (χ4v) is 3.00. The van der Waals surface area contributed by atoms with Crippen LogP contribution in [0.4, 0.5) is 0 Å². The summed E-state index contributed by atoms with van der Waals surface area (Å²) in [7, 11) is 0. The summed E-state index contributed by atoms with van der Waals surface area (Å²) < 4.78 is 7.50. The van der Waals surface area contributed by atoms with Crippen LogP contribution in [0.15, 0.2) is 59.5 Å². The number of aromatic nitrogens is 5. The highest BCUT2D eigenvalue weighted by atomic mass is 16.5. The van der Waals surface area contributed by atoms with Gasteiger partial charge in [-0.05, 0) is 18.1 Å². The Bertz CT molecular complexity index is 1080. The van der Waals surface area contributed by atoms with Crippen molar-refractivity contribution in [1.29, 1.82) is 0 Å². The van der Waals surface area contributed by atoms with Gasteiger partial charge in [0.2, 0.25) is 5.82 Å². The monoisotopic (exact) mass is 373 g/mol. The van der Waals surface area contributed by atoms with Crippen LogP contribution in [0.3, 0.4) is 0 Å². The number of hydrogen-bond acceptors (Lipinski definition) is 6. The molecule has 0 saturated heterocycles. The number of carbonyl (C=O) groups is 1. The minimum absolute atomic E-state index is 0.399. The Hall–Kier alpha value is -3.61. The molecule has 3 heterocycles. The van der Waals surface area contributed by atoms with E-state index in [1.54, 1.807) is 42.9 Å². The lowest BCUT2D eigenvalue weighted by Gasteiger charge is -2.10. The van der Waals surface area contributed by atoms with Gasteiger partial charge in [0.15, 0.2) is 0 Å². The van der Waals surface area contributed by atoms with E-state index in [2.05, 4.69) is 34.1 Å². The third-order valence-corrected chi connectivity index (χ3v) is 4.29. The molecular formula is C21H19N5O2. The predicted molar refractivity (Wildman–Crippen MR) is 104 cm³/mol. The summed E-state index contributed by atoms with van der Waals surface area (Å²) in [5.74, 6) is 1.30. The maximum Gasteiger partial charge on any atom is 0.262 e. The Kier molecular flexibility index (Phi) is 4.80. The molecule has 4 aromatic rings. The average Bonchev–Trinajstić information content (AvgIpc) is 3.35. The van der Waals surface area contributed by atoms with Crippen molar-refractivity contribution < 1.29 is 9.32 Å². The SMILES string of the molecule is CC(C)Cn1ncc(-c2nc(-c3ccc(C=O)cc3)no2)c1-c1ccncc1. The lowest BCUT2D eigenvalue weighted by Crippen LogP contribution is -2.07. The van der Waals surface area contributed by atoms with Gasteiger partial charge in [-0.1, -0.05) is 43.3 Å². The molecule has 0 aliphatic heterocycles. The number of benzene rings is 1. The molecule has 0 fully saturated rings. The van der Waals surface area contributed by atoms with Gasteiger partial charge in [0.05, 0.1) is 17.5 Å². The van der Waals surface area contributed by atoms with Crippen molar-refractivity contribution in [2.24, 2.45) is 5.92 Å². The van der Waals surface area contributed by atoms with Gasteiger partial charge in [-0.25, -0.2) is 0 Å². The van der Waals surface area contributed by atoms with Crippen molar-refractivity contribution in [2.75, 3.05) is 0 Å². The van der Waals surface area contributed by atoms with Crippen LogP contribution in [-0.4, -0.2) is 31.2 Å². The second kappa shape index (κ2) is 7.56. The lowest BCUT2D eigenvalue weighted by atomic mass is 10.1. The third kappa shape index (κ3) is 3.46. The van der Waals surface area contributed by atoms with Gasteiger partial charge in [-0.2, -0.15) is 10.1 Å². The predicted octanol–water partition coefficient (Wildman–Crippen LogP) is 4.13. The molecule has 0 bridgehead atoms. The zero-order valence-electron chi connectivity index (χ0n) is 15.6. The van der Waals surface area contributed by atoms with Crippen LogP contribution < -0.4 is 0 Å². The number of pyridine rings is 1. The highest BCUT2D eigenvalue weighted by molar-refractivity contribution is 5.78. The molecule has 1 aromatic carbocycles. The quantitative estimate of drug-likeness (QED) is 0.472. The number of nitrogens with zero attached hydrogens (tertiary/aromatic N) is 5. The van der Waals surface area contributed by atoms with E-state index in [0.29, 0.717) is 23.2 Å². The lowest BCUT2D eigenvalue weighted by molar-refractivity contribution is 0.112. The van der Waals surface area contributed by atoms with Crippen molar-refractivity contribution in [3.05, 3.63) is 60.6 Å². The third-order valence-electron chi connectivity index (χ3n) is 4.29. The van der Waals surface area contributed by atoms with Gasteiger partial charge in [-0.3, -0.25) is 14.5 Å². The smallest absolute Gasteiger partial charge is 0.262 e. The zero-order valence-corrected chi connectivity index (χ0v) is 15.6.